The van der Waals surface area contributed by atoms with E-state index in [0.29, 0.717) is 26.1 Å². The number of benzene rings is 1. The summed E-state index contributed by atoms with van der Waals surface area (Å²) in [5.74, 6) is 0.735. The van der Waals surface area contributed by atoms with Crippen molar-refractivity contribution in [1.29, 1.82) is 0 Å². The standard InChI is InChI=1S/C17H23N3O2S/c1-3-17-20-12(2)15(23-17)11-19-16(21)10-13-5-4-6-14(9-13)22-8-7-18/h4-6,9H,3,7-8,10-11,18H2,1-2H3,(H,19,21). The molecule has 0 aliphatic rings. The highest BCUT2D eigenvalue weighted by atomic mass is 32.1. The number of nitrogens with zero attached hydrogens (tertiary/aromatic N) is 1. The first-order chi connectivity index (χ1) is 11.1. The largest absolute Gasteiger partial charge is 0.492 e. The first kappa shape index (κ1) is 17.4. The van der Waals surface area contributed by atoms with Crippen LogP contribution in [0.4, 0.5) is 0 Å². The topological polar surface area (TPSA) is 77.2 Å². The third-order valence-corrected chi connectivity index (χ3v) is 4.64. The molecule has 0 saturated carbocycles. The third-order valence-electron chi connectivity index (χ3n) is 3.34. The van der Waals surface area contributed by atoms with Gasteiger partial charge >= 0.3 is 0 Å². The lowest BCUT2D eigenvalue weighted by Gasteiger charge is -2.07. The van der Waals surface area contributed by atoms with E-state index < -0.39 is 0 Å². The van der Waals surface area contributed by atoms with Gasteiger partial charge in [0.1, 0.15) is 12.4 Å². The van der Waals surface area contributed by atoms with Gasteiger partial charge < -0.3 is 15.8 Å². The third kappa shape index (κ3) is 5.33. The van der Waals surface area contributed by atoms with E-state index in [1.54, 1.807) is 11.3 Å². The van der Waals surface area contributed by atoms with Gasteiger partial charge in [-0.15, -0.1) is 11.3 Å². The highest BCUT2D eigenvalue weighted by Crippen LogP contribution is 2.18. The van der Waals surface area contributed by atoms with Gasteiger partial charge in [0.05, 0.1) is 23.7 Å². The van der Waals surface area contributed by atoms with Crippen molar-refractivity contribution in [2.24, 2.45) is 5.73 Å². The second-order valence-corrected chi connectivity index (χ2v) is 6.38. The van der Waals surface area contributed by atoms with Crippen molar-refractivity contribution in [3.8, 4) is 5.75 Å². The number of nitrogens with two attached hydrogens (primary N) is 1. The Morgan fingerprint density at radius 3 is 2.96 bits per heavy atom. The molecule has 0 spiro atoms. The van der Waals surface area contributed by atoms with Crippen LogP contribution in [-0.2, 0) is 24.2 Å². The van der Waals surface area contributed by atoms with Gasteiger partial charge in [0.15, 0.2) is 0 Å². The summed E-state index contributed by atoms with van der Waals surface area (Å²) >= 11 is 1.66. The summed E-state index contributed by atoms with van der Waals surface area (Å²) in [4.78, 5) is 17.7. The zero-order valence-corrected chi connectivity index (χ0v) is 14.4. The number of hydrogen-bond acceptors (Lipinski definition) is 5. The van der Waals surface area contributed by atoms with Crippen molar-refractivity contribution in [2.45, 2.75) is 33.2 Å². The minimum atomic E-state index is -0.00757. The molecule has 0 unspecified atom stereocenters. The monoisotopic (exact) mass is 333 g/mol. The molecule has 23 heavy (non-hydrogen) atoms. The average molecular weight is 333 g/mol. The number of thiazole rings is 1. The van der Waals surface area contributed by atoms with E-state index in [2.05, 4.69) is 17.2 Å². The lowest BCUT2D eigenvalue weighted by atomic mass is 10.1. The summed E-state index contributed by atoms with van der Waals surface area (Å²) in [5, 5.41) is 4.07. The summed E-state index contributed by atoms with van der Waals surface area (Å²) in [6.07, 6.45) is 1.26. The van der Waals surface area contributed by atoms with Gasteiger partial charge in [0, 0.05) is 11.4 Å². The molecule has 6 heteroatoms. The number of aryl methyl sites for hydroxylation is 2. The number of rotatable bonds is 8. The van der Waals surface area contributed by atoms with E-state index in [4.69, 9.17) is 10.5 Å². The summed E-state index contributed by atoms with van der Waals surface area (Å²) in [7, 11) is 0. The Hall–Kier alpha value is -1.92. The molecule has 0 radical (unpaired) electrons. The zero-order chi connectivity index (χ0) is 16.7. The van der Waals surface area contributed by atoms with E-state index in [9.17, 15) is 4.79 Å². The molecular formula is C17H23N3O2S. The van der Waals surface area contributed by atoms with Gasteiger partial charge in [0.25, 0.3) is 0 Å². The van der Waals surface area contributed by atoms with Crippen LogP contribution in [0, 0.1) is 6.92 Å². The normalized spacial score (nSPS) is 10.6. The fourth-order valence-electron chi connectivity index (χ4n) is 2.15. The second-order valence-electron chi connectivity index (χ2n) is 5.21. The Labute approximate surface area is 140 Å². The van der Waals surface area contributed by atoms with Crippen LogP contribution in [0.5, 0.6) is 5.75 Å². The molecule has 1 heterocycles. The van der Waals surface area contributed by atoms with Gasteiger partial charge in [0.2, 0.25) is 5.91 Å². The molecule has 1 aromatic heterocycles. The van der Waals surface area contributed by atoms with Crippen LogP contribution in [0.15, 0.2) is 24.3 Å². The Morgan fingerprint density at radius 2 is 2.26 bits per heavy atom. The number of nitrogens with one attached hydrogen (secondary N) is 1. The van der Waals surface area contributed by atoms with Crippen LogP contribution in [0.25, 0.3) is 0 Å². The molecule has 0 saturated heterocycles. The van der Waals surface area contributed by atoms with Crippen molar-refractivity contribution < 1.29 is 9.53 Å². The predicted molar refractivity (Wildman–Crippen MR) is 92.8 cm³/mol. The molecule has 0 aliphatic carbocycles. The second kappa shape index (κ2) is 8.64. The number of carbonyl (C=O) groups is 1. The Kier molecular flexibility index (Phi) is 6.55. The van der Waals surface area contributed by atoms with E-state index in [1.807, 2.05) is 31.2 Å². The summed E-state index contributed by atoms with van der Waals surface area (Å²) in [5.41, 5.74) is 7.35. The fourth-order valence-corrected chi connectivity index (χ4v) is 3.10. The van der Waals surface area contributed by atoms with Gasteiger partial charge in [-0.3, -0.25) is 4.79 Å². The average Bonchev–Trinajstić information content (AvgIpc) is 2.91. The van der Waals surface area contributed by atoms with Crippen molar-refractivity contribution in [1.82, 2.24) is 10.3 Å². The van der Waals surface area contributed by atoms with Crippen LogP contribution < -0.4 is 15.8 Å². The first-order valence-electron chi connectivity index (χ1n) is 7.76. The van der Waals surface area contributed by atoms with Gasteiger partial charge in [-0.2, -0.15) is 0 Å². The lowest BCUT2D eigenvalue weighted by molar-refractivity contribution is -0.120. The molecule has 2 rings (SSSR count). The number of carbonyl (C=O) groups excluding carboxylic acids is 1. The lowest BCUT2D eigenvalue weighted by Crippen LogP contribution is -2.24. The first-order valence-corrected chi connectivity index (χ1v) is 8.57. The SMILES string of the molecule is CCc1nc(C)c(CNC(=O)Cc2cccc(OCCN)c2)s1. The van der Waals surface area contributed by atoms with Gasteiger partial charge in [-0.1, -0.05) is 19.1 Å². The minimum Gasteiger partial charge on any atom is -0.492 e. The minimum absolute atomic E-state index is 0.00757. The van der Waals surface area contributed by atoms with Crippen molar-refractivity contribution in [3.05, 3.63) is 45.4 Å². The molecule has 0 fully saturated rings. The van der Waals surface area contributed by atoms with Crippen LogP contribution in [0.1, 0.15) is 28.1 Å². The number of aromatic nitrogens is 1. The summed E-state index contributed by atoms with van der Waals surface area (Å²) < 4.78 is 5.47. The Bertz CT molecular complexity index is 655. The number of hydrogen-bond donors (Lipinski definition) is 2. The van der Waals surface area contributed by atoms with E-state index >= 15 is 0 Å². The zero-order valence-electron chi connectivity index (χ0n) is 13.6. The van der Waals surface area contributed by atoms with E-state index in [1.165, 1.54) is 0 Å². The molecule has 1 amide bonds. The molecule has 5 nitrogen and oxygen atoms in total. The van der Waals surface area contributed by atoms with Crippen molar-refractivity contribution in [3.63, 3.8) is 0 Å². The molecule has 1 aromatic carbocycles. The van der Waals surface area contributed by atoms with E-state index in [-0.39, 0.29) is 5.91 Å². The van der Waals surface area contributed by atoms with Crippen molar-refractivity contribution in [2.75, 3.05) is 13.2 Å². The maximum absolute atomic E-state index is 12.1. The number of amides is 1. The molecule has 0 bridgehead atoms. The molecular weight excluding hydrogens is 310 g/mol. The molecule has 124 valence electrons. The highest BCUT2D eigenvalue weighted by molar-refractivity contribution is 7.11. The predicted octanol–water partition coefficient (Wildman–Crippen LogP) is 2.21. The van der Waals surface area contributed by atoms with Crippen LogP contribution in [0.2, 0.25) is 0 Å². The molecule has 0 aliphatic heterocycles. The van der Waals surface area contributed by atoms with Crippen molar-refractivity contribution >= 4 is 17.2 Å². The molecule has 2 aromatic rings. The highest BCUT2D eigenvalue weighted by Gasteiger charge is 2.09. The summed E-state index contributed by atoms with van der Waals surface area (Å²) in [6.45, 7) is 5.54. The van der Waals surface area contributed by atoms with Crippen LogP contribution >= 0.6 is 11.3 Å². The van der Waals surface area contributed by atoms with Crippen LogP contribution in [0.3, 0.4) is 0 Å². The number of ether oxygens (including phenoxy) is 1. The Morgan fingerprint density at radius 1 is 1.43 bits per heavy atom. The van der Waals surface area contributed by atoms with Crippen LogP contribution in [-0.4, -0.2) is 24.0 Å². The maximum Gasteiger partial charge on any atom is 0.224 e. The Balaban J connectivity index is 1.88. The fraction of sp³-hybridized carbons (Fsp3) is 0.412. The molecule has 0 atom stereocenters. The smallest absolute Gasteiger partial charge is 0.224 e. The maximum atomic E-state index is 12.1. The van der Waals surface area contributed by atoms with E-state index in [0.717, 1.165) is 33.3 Å². The summed E-state index contributed by atoms with van der Waals surface area (Å²) in [6, 6.07) is 7.55. The van der Waals surface area contributed by atoms with Gasteiger partial charge in [-0.05, 0) is 31.0 Å². The quantitative estimate of drug-likeness (QED) is 0.776. The molecule has 3 N–H and O–H groups in total. The van der Waals surface area contributed by atoms with Gasteiger partial charge in [-0.25, -0.2) is 4.98 Å².